The zero-order valence-corrected chi connectivity index (χ0v) is 13.9. The molecule has 0 bridgehead atoms. The second-order valence-electron chi connectivity index (χ2n) is 5.78. The summed E-state index contributed by atoms with van der Waals surface area (Å²) in [7, 11) is 0. The highest BCUT2D eigenvalue weighted by Crippen LogP contribution is 2.27. The summed E-state index contributed by atoms with van der Waals surface area (Å²) in [6.07, 6.45) is 4.75. The first-order chi connectivity index (χ1) is 10.6. The molecule has 2 fully saturated rings. The normalized spacial score (nSPS) is 24.0. The fourth-order valence-electron chi connectivity index (χ4n) is 3.16. The number of pyridine rings is 1. The van der Waals surface area contributed by atoms with Crippen molar-refractivity contribution in [1.82, 2.24) is 15.2 Å². The Morgan fingerprint density at radius 1 is 1.18 bits per heavy atom. The number of carbonyl (C=O) groups excluding carboxylic acids is 1. The van der Waals surface area contributed by atoms with Crippen LogP contribution in [0, 0.1) is 0 Å². The van der Waals surface area contributed by atoms with Crippen LogP contribution < -0.4 is 10.2 Å². The van der Waals surface area contributed by atoms with Crippen LogP contribution in [0.25, 0.3) is 0 Å². The summed E-state index contributed by atoms with van der Waals surface area (Å²) in [6, 6.07) is 1.73. The highest BCUT2D eigenvalue weighted by atomic mass is 35.5. The number of anilines is 1. The first-order valence-electron chi connectivity index (χ1n) is 7.73. The van der Waals surface area contributed by atoms with Gasteiger partial charge in [0.15, 0.2) is 0 Å². The Balaban J connectivity index is 1.63. The molecule has 0 aromatic carbocycles. The Bertz CT molecular complexity index is 546. The fourth-order valence-corrected chi connectivity index (χ4v) is 3.66. The number of rotatable bonds is 2. The van der Waals surface area contributed by atoms with Gasteiger partial charge in [-0.1, -0.05) is 23.2 Å². The average Bonchev–Trinajstić information content (AvgIpc) is 2.72. The van der Waals surface area contributed by atoms with Crippen molar-refractivity contribution in [2.24, 2.45) is 0 Å². The first-order valence-corrected chi connectivity index (χ1v) is 8.48. The van der Waals surface area contributed by atoms with Gasteiger partial charge in [-0.15, -0.1) is 0 Å². The van der Waals surface area contributed by atoms with Gasteiger partial charge in [0.2, 0.25) is 5.91 Å². The van der Waals surface area contributed by atoms with Crippen molar-refractivity contribution in [3.05, 3.63) is 22.3 Å². The largest absolute Gasteiger partial charge is 0.355 e. The van der Waals surface area contributed by atoms with E-state index in [2.05, 4.69) is 20.1 Å². The second-order valence-corrected chi connectivity index (χ2v) is 6.63. The van der Waals surface area contributed by atoms with Crippen LogP contribution in [-0.4, -0.2) is 54.6 Å². The third kappa shape index (κ3) is 3.47. The molecule has 0 radical (unpaired) electrons. The van der Waals surface area contributed by atoms with Crippen molar-refractivity contribution in [1.29, 1.82) is 0 Å². The van der Waals surface area contributed by atoms with Crippen molar-refractivity contribution >= 4 is 34.9 Å². The summed E-state index contributed by atoms with van der Waals surface area (Å²) >= 11 is 12.1. The Hall–Kier alpha value is -1.04. The van der Waals surface area contributed by atoms with Crippen molar-refractivity contribution in [2.45, 2.75) is 25.3 Å². The smallest absolute Gasteiger partial charge is 0.237 e. The third-order valence-electron chi connectivity index (χ3n) is 4.35. The minimum atomic E-state index is 0.0123. The molecule has 22 heavy (non-hydrogen) atoms. The predicted octanol–water partition coefficient (Wildman–Crippen LogP) is 2.18. The minimum Gasteiger partial charge on any atom is -0.355 e. The molecular formula is C15H20Cl2N4O. The molecule has 5 nitrogen and oxygen atoms in total. The summed E-state index contributed by atoms with van der Waals surface area (Å²) in [6.45, 7) is 4.13. The molecule has 7 heteroatoms. The first kappa shape index (κ1) is 15.8. The van der Waals surface area contributed by atoms with E-state index < -0.39 is 0 Å². The van der Waals surface area contributed by atoms with E-state index in [9.17, 15) is 4.79 Å². The highest BCUT2D eigenvalue weighted by Gasteiger charge is 2.30. The van der Waals surface area contributed by atoms with Crippen LogP contribution in [0.4, 0.5) is 5.82 Å². The van der Waals surface area contributed by atoms with E-state index in [0.717, 1.165) is 57.8 Å². The topological polar surface area (TPSA) is 48.5 Å². The lowest BCUT2D eigenvalue weighted by atomic mass is 10.1. The van der Waals surface area contributed by atoms with Gasteiger partial charge in [0.25, 0.3) is 0 Å². The lowest BCUT2D eigenvalue weighted by Crippen LogP contribution is -2.54. The summed E-state index contributed by atoms with van der Waals surface area (Å²) < 4.78 is 0. The second kappa shape index (κ2) is 7.02. The van der Waals surface area contributed by atoms with E-state index in [4.69, 9.17) is 23.2 Å². The molecule has 1 atom stereocenters. The molecule has 3 heterocycles. The predicted molar refractivity (Wildman–Crippen MR) is 88.7 cm³/mol. The van der Waals surface area contributed by atoms with Gasteiger partial charge in [-0.05, 0) is 25.3 Å². The van der Waals surface area contributed by atoms with Crippen LogP contribution in [0.1, 0.15) is 19.3 Å². The van der Waals surface area contributed by atoms with Crippen LogP contribution in [0.2, 0.25) is 10.0 Å². The maximum Gasteiger partial charge on any atom is 0.237 e. The number of nitrogens with zero attached hydrogens (tertiary/aromatic N) is 3. The van der Waals surface area contributed by atoms with Gasteiger partial charge in [0.05, 0.1) is 16.1 Å². The van der Waals surface area contributed by atoms with Gasteiger partial charge in [0, 0.05) is 38.9 Å². The number of hydrogen-bond donors (Lipinski definition) is 1. The molecule has 2 aliphatic heterocycles. The Kier molecular flexibility index (Phi) is 5.06. The number of aromatic nitrogens is 1. The third-order valence-corrected chi connectivity index (χ3v) is 4.83. The van der Waals surface area contributed by atoms with Gasteiger partial charge in [-0.2, -0.15) is 0 Å². The van der Waals surface area contributed by atoms with Gasteiger partial charge < -0.3 is 10.2 Å². The Morgan fingerprint density at radius 3 is 2.68 bits per heavy atom. The summed E-state index contributed by atoms with van der Waals surface area (Å²) in [5.74, 6) is 0.949. The van der Waals surface area contributed by atoms with Crippen LogP contribution in [0.5, 0.6) is 0 Å². The molecule has 0 saturated carbocycles. The van der Waals surface area contributed by atoms with Crippen LogP contribution in [0.15, 0.2) is 12.3 Å². The van der Waals surface area contributed by atoms with E-state index in [1.165, 1.54) is 0 Å². The van der Waals surface area contributed by atoms with Crippen molar-refractivity contribution < 1.29 is 4.79 Å². The molecule has 120 valence electrons. The van der Waals surface area contributed by atoms with Crippen LogP contribution in [0.3, 0.4) is 0 Å². The van der Waals surface area contributed by atoms with Gasteiger partial charge in [-0.25, -0.2) is 4.98 Å². The minimum absolute atomic E-state index is 0.0123. The monoisotopic (exact) mass is 342 g/mol. The molecule has 1 aromatic heterocycles. The number of piperazine rings is 1. The Morgan fingerprint density at radius 2 is 1.95 bits per heavy atom. The van der Waals surface area contributed by atoms with E-state index in [-0.39, 0.29) is 11.9 Å². The lowest BCUT2D eigenvalue weighted by molar-refractivity contribution is -0.126. The molecule has 1 aromatic rings. The zero-order chi connectivity index (χ0) is 15.5. The molecule has 2 aliphatic rings. The molecular weight excluding hydrogens is 323 g/mol. The summed E-state index contributed by atoms with van der Waals surface area (Å²) in [4.78, 5) is 20.9. The number of amides is 1. The SMILES string of the molecule is O=C1NCCCC[C@@H]1N1CCN(c2ncc(Cl)cc2Cl)CC1. The van der Waals surface area contributed by atoms with Crippen LogP contribution >= 0.6 is 23.2 Å². The summed E-state index contributed by atoms with van der Waals surface area (Å²) in [5.41, 5.74) is 0. The molecule has 0 spiro atoms. The molecule has 3 rings (SSSR count). The molecule has 0 aliphatic carbocycles. The van der Waals surface area contributed by atoms with Crippen molar-refractivity contribution in [3.63, 3.8) is 0 Å². The average molecular weight is 343 g/mol. The maximum atomic E-state index is 12.1. The van der Waals surface area contributed by atoms with Gasteiger partial charge in [-0.3, -0.25) is 9.69 Å². The maximum absolute atomic E-state index is 12.1. The molecule has 1 amide bonds. The summed E-state index contributed by atoms with van der Waals surface area (Å²) in [5, 5.41) is 4.13. The van der Waals surface area contributed by atoms with E-state index >= 15 is 0 Å². The number of carbonyl (C=O) groups is 1. The van der Waals surface area contributed by atoms with E-state index in [1.54, 1.807) is 12.3 Å². The van der Waals surface area contributed by atoms with Gasteiger partial charge >= 0.3 is 0 Å². The fraction of sp³-hybridized carbons (Fsp3) is 0.600. The van der Waals surface area contributed by atoms with Crippen LogP contribution in [-0.2, 0) is 4.79 Å². The molecule has 0 unspecified atom stereocenters. The zero-order valence-electron chi connectivity index (χ0n) is 12.4. The number of hydrogen-bond acceptors (Lipinski definition) is 4. The lowest BCUT2D eigenvalue weighted by Gasteiger charge is -2.39. The quantitative estimate of drug-likeness (QED) is 0.894. The standard InChI is InChI=1S/C15H20Cl2N4O/c16-11-9-12(17)14(19-10-11)21-7-5-20(6-8-21)13-3-1-2-4-18-15(13)22/h9-10,13H,1-8H2,(H,18,22)/t13-/m0/s1. The van der Waals surface area contributed by atoms with E-state index in [1.807, 2.05) is 0 Å². The van der Waals surface area contributed by atoms with Crippen molar-refractivity contribution in [3.8, 4) is 0 Å². The van der Waals surface area contributed by atoms with Gasteiger partial charge in [0.1, 0.15) is 5.82 Å². The number of halogens is 2. The Labute approximate surface area is 140 Å². The van der Waals surface area contributed by atoms with E-state index in [0.29, 0.717) is 10.0 Å². The number of nitrogens with one attached hydrogen (secondary N) is 1. The van der Waals surface area contributed by atoms with Crippen molar-refractivity contribution in [2.75, 3.05) is 37.6 Å². The molecule has 1 N–H and O–H groups in total. The highest BCUT2D eigenvalue weighted by molar-refractivity contribution is 6.36. The molecule has 2 saturated heterocycles.